The minimum atomic E-state index is -2.05. The molecule has 0 aromatic heterocycles. The number of phenolic OH excluding ortho intramolecular Hbond substituents is 2. The fourth-order valence-electron chi connectivity index (χ4n) is 12.6. The number of para-hydroxylation sites is 1. The van der Waals surface area contributed by atoms with Crippen LogP contribution in [0.25, 0.3) is 0 Å². The highest BCUT2D eigenvalue weighted by atomic mass is 32.2. The van der Waals surface area contributed by atoms with Crippen LogP contribution < -0.4 is 89.3 Å². The fourth-order valence-corrected chi connectivity index (χ4v) is 13.5. The minimum Gasteiger partial charge on any atom is -0.508 e. The number of fused-ring (bicyclic) bond motifs is 7. The third-order valence-corrected chi connectivity index (χ3v) is 20.0. The average Bonchev–Trinajstić information content (AvgIpc) is 0.763. The fraction of sp³-hybridized carbons (Fsp3) is 0.216. The van der Waals surface area contributed by atoms with Gasteiger partial charge in [-0.25, -0.2) is 24.0 Å². The molecule has 1 unspecified atom stereocenters. The largest absolute Gasteiger partial charge is 0.508 e. The number of methoxy groups -OCH3 is 7. The number of thioether (sulfide) groups is 1. The number of amides is 9. The zero-order valence-corrected chi connectivity index (χ0v) is 72.4. The van der Waals surface area contributed by atoms with Gasteiger partial charge in [0.25, 0.3) is 59.0 Å². The lowest BCUT2D eigenvalue weighted by Gasteiger charge is -2.30. The smallest absolute Gasteiger partial charge is 0.340 e. The molecule has 9 heterocycles. The molecule has 16 rings (SSSR count). The van der Waals surface area contributed by atoms with Crippen molar-refractivity contribution in [1.82, 2.24) is 9.80 Å². The van der Waals surface area contributed by atoms with E-state index in [0.29, 0.717) is 70.0 Å². The van der Waals surface area contributed by atoms with Crippen LogP contribution in [-0.4, -0.2) is 212 Å². The van der Waals surface area contributed by atoms with Crippen molar-refractivity contribution in [2.45, 2.75) is 38.9 Å². The van der Waals surface area contributed by atoms with E-state index in [9.17, 15) is 87.2 Å². The second kappa shape index (κ2) is 42.0. The number of anilines is 7. The molecule has 9 aliphatic rings. The summed E-state index contributed by atoms with van der Waals surface area (Å²) in [5.41, 5.74) is 2.42. The summed E-state index contributed by atoms with van der Waals surface area (Å²) in [7, 11) is 9.26. The van der Waals surface area contributed by atoms with E-state index in [1.54, 1.807) is 52.3 Å². The third kappa shape index (κ3) is 22.7. The number of nitrogens with zero attached hydrogens (tertiary/aromatic N) is 2. The number of nitrogens with one attached hydrogen (secondary N) is 7. The molecule has 0 saturated carbocycles. The van der Waals surface area contributed by atoms with Crippen LogP contribution in [0.5, 0.6) is 74.7 Å². The first-order valence-electron chi connectivity index (χ1n) is 38.6. The molecule has 0 radical (unpaired) electrons. The molecule has 9 amide bonds. The number of carboxylic acid groups (broad SMARTS) is 1. The minimum absolute atomic E-state index is 0.000162. The van der Waals surface area contributed by atoms with Crippen LogP contribution in [0.15, 0.2) is 165 Å². The van der Waals surface area contributed by atoms with Crippen molar-refractivity contribution in [3.8, 4) is 74.7 Å². The molecule has 7 aromatic rings. The molecule has 0 spiro atoms. The number of phenols is 2. The number of aliphatic hydroxyl groups is 1. The Balaban J connectivity index is 0.000000160. The van der Waals surface area contributed by atoms with E-state index in [1.165, 1.54) is 105 Å². The van der Waals surface area contributed by atoms with Gasteiger partial charge in [0.15, 0.2) is 74.8 Å². The van der Waals surface area contributed by atoms with E-state index in [0.717, 1.165) is 50.8 Å². The summed E-state index contributed by atoms with van der Waals surface area (Å²) >= 11 is 1.82. The van der Waals surface area contributed by atoms with Gasteiger partial charge >= 0.3 is 35.8 Å². The van der Waals surface area contributed by atoms with Gasteiger partial charge in [0.05, 0.1) is 129 Å². The number of carbonyl (C=O) groups excluding carboxylic acids is 14. The number of esters is 5. The summed E-state index contributed by atoms with van der Waals surface area (Å²) < 4.78 is 75.0. The molecule has 43 nitrogen and oxygen atoms in total. The van der Waals surface area contributed by atoms with Crippen molar-refractivity contribution >= 4 is 141 Å². The van der Waals surface area contributed by atoms with E-state index in [4.69, 9.17) is 57.2 Å². The van der Waals surface area contributed by atoms with Crippen LogP contribution in [0, 0.1) is 0 Å². The maximum atomic E-state index is 12.8. The van der Waals surface area contributed by atoms with Gasteiger partial charge in [-0.2, -0.15) is 11.8 Å². The number of likely N-dealkylation sites (tertiary alicyclic amines) is 1. The van der Waals surface area contributed by atoms with Crippen LogP contribution in [-0.2, 0) is 57.3 Å². The van der Waals surface area contributed by atoms with E-state index in [1.807, 2.05) is 11.8 Å². The predicted molar refractivity (Wildman–Crippen MR) is 465 cm³/mol. The molecule has 0 aliphatic carbocycles. The number of carboxylic acids is 1. The maximum absolute atomic E-state index is 12.8. The first kappa shape index (κ1) is 97.1. The molecule has 9 aliphatic heterocycles. The molecular formula is C88H83N9O34S. The Bertz CT molecular complexity index is 5850. The second-order valence-corrected chi connectivity index (χ2v) is 29.2. The standard InChI is InChI=1S/C16H18N2O4.C15H16N2O4S.C13H11NO6.C11H11NO6.2C11H9NO5.C11H9NO4/c1-10-15(19)17-14-12(8-11(21-2)9-13(14)22-10)16(20)18-6-4-3-5-7-18;1-9-14(18)16-13-11(7-10(20-2)8-12(13)21-9)15(19)17-3-5-22-6-4-17;1-6-12(16)14-11-9(13(17)18-3)4-8(20-7(2)15)5-10(11)19-6;1-11(16)10(15)12-8-6(9(13)14)3-5(17-2)4-7(8)18-11;2*1-5-10(14)12-9-7(11(15)16-2)3-6(13)4-8(9)17-5;1-6-10(13)12-9-7(11(14)15-2)4-3-5-8(9)16-6/h8-9H,1,3-7H2,2H3,(H,17,19);7-8H,1,3-6H2,2H3,(H,16,18);4-5H,1H2,2-3H3,(H,14,16);3-4,16H,1-2H3,(H,12,15)(H,13,14);2*3-4,13H,1H2,2H3,(H,12,14);3-5H,1H2,2H3,(H,12,13). The Morgan fingerprint density at radius 2 is 0.682 bits per heavy atom. The Morgan fingerprint density at radius 3 is 1.05 bits per heavy atom. The molecule has 690 valence electrons. The lowest BCUT2D eigenvalue weighted by Crippen LogP contribution is -2.48. The van der Waals surface area contributed by atoms with Crippen LogP contribution in [0.2, 0.25) is 0 Å². The van der Waals surface area contributed by atoms with E-state index in [2.05, 4.69) is 95.6 Å². The van der Waals surface area contributed by atoms with Gasteiger partial charge in [-0.1, -0.05) is 45.5 Å². The van der Waals surface area contributed by atoms with E-state index < -0.39 is 83.0 Å². The Labute approximate surface area is 752 Å². The number of rotatable bonds is 11. The highest BCUT2D eigenvalue weighted by Gasteiger charge is 2.41. The van der Waals surface area contributed by atoms with Crippen molar-refractivity contribution in [2.75, 3.05) is 125 Å². The second-order valence-electron chi connectivity index (χ2n) is 27.9. The van der Waals surface area contributed by atoms with Gasteiger partial charge < -0.3 is 138 Å². The van der Waals surface area contributed by atoms with Gasteiger partial charge in [-0.3, -0.25) is 47.9 Å². The molecule has 1 atom stereocenters. The third-order valence-electron chi connectivity index (χ3n) is 19.0. The lowest BCUT2D eigenvalue weighted by atomic mass is 10.1. The number of ether oxygens (including phenoxy) is 15. The topological polar surface area (TPSA) is 566 Å². The van der Waals surface area contributed by atoms with Crippen LogP contribution in [0.4, 0.5) is 39.8 Å². The number of aromatic carboxylic acids is 1. The van der Waals surface area contributed by atoms with Gasteiger partial charge in [0.2, 0.25) is 0 Å². The summed E-state index contributed by atoms with van der Waals surface area (Å²) in [5, 5.41) is 55.1. The summed E-state index contributed by atoms with van der Waals surface area (Å²) in [6.45, 7) is 25.9. The number of hydrogen-bond donors (Lipinski definition) is 11. The van der Waals surface area contributed by atoms with Crippen molar-refractivity contribution in [3.05, 3.63) is 204 Å². The number of benzene rings is 7. The van der Waals surface area contributed by atoms with Gasteiger partial charge in [-0.05, 0) is 67.8 Å². The Kier molecular flexibility index (Phi) is 30.9. The monoisotopic (exact) mass is 1840 g/mol. The molecule has 0 bridgehead atoms. The predicted octanol–water partition coefficient (Wildman–Crippen LogP) is 8.94. The zero-order valence-electron chi connectivity index (χ0n) is 71.6. The van der Waals surface area contributed by atoms with E-state index in [-0.39, 0.29) is 143 Å². The van der Waals surface area contributed by atoms with Gasteiger partial charge in [0, 0.05) is 87.9 Å². The van der Waals surface area contributed by atoms with Crippen LogP contribution in [0.1, 0.15) is 106 Å². The van der Waals surface area contributed by atoms with Gasteiger partial charge in [0.1, 0.15) is 34.5 Å². The summed E-state index contributed by atoms with van der Waals surface area (Å²) in [6.07, 6.45) is 3.13. The molecular weight excluding hydrogens is 1760 g/mol. The number of piperidine rings is 1. The molecule has 44 heteroatoms. The Hall–Kier alpha value is -17.1. The van der Waals surface area contributed by atoms with Crippen LogP contribution in [0.3, 0.4) is 0 Å². The first-order chi connectivity index (χ1) is 62.6. The van der Waals surface area contributed by atoms with Crippen molar-refractivity contribution in [2.24, 2.45) is 0 Å². The number of aromatic hydroxyl groups is 2. The van der Waals surface area contributed by atoms with Crippen molar-refractivity contribution < 1.29 is 163 Å². The van der Waals surface area contributed by atoms with Crippen molar-refractivity contribution in [1.29, 1.82) is 0 Å². The van der Waals surface area contributed by atoms with E-state index >= 15 is 0 Å². The quantitative estimate of drug-likeness (QED) is 0.0189. The molecule has 132 heavy (non-hydrogen) atoms. The molecule has 2 saturated heterocycles. The zero-order chi connectivity index (χ0) is 96.6. The number of carbonyl (C=O) groups is 15. The summed E-state index contributed by atoms with van der Waals surface area (Å²) in [5.74, 6) is -6.47. The molecule has 11 N–H and O–H groups in total. The highest BCUT2D eigenvalue weighted by Crippen LogP contribution is 2.45. The van der Waals surface area contributed by atoms with Gasteiger partial charge in [-0.15, -0.1) is 0 Å². The molecule has 7 aromatic carbocycles. The first-order valence-corrected chi connectivity index (χ1v) is 39.7. The lowest BCUT2D eigenvalue weighted by molar-refractivity contribution is -0.165. The SMILES string of the molecule is C=C1Oc2cc(O)cc(C(=O)OC)c2NC1=O.C=C1Oc2cc(O)cc(C(=O)OC)c2NC1=O.C=C1Oc2cc(OC(C)=O)cc(C(=O)OC)c2NC1=O.C=C1Oc2cc(OC)cc(C(=O)N3CCCCC3)c2NC1=O.C=C1Oc2cc(OC)cc(C(=O)N3CCSCC3)c2NC1=O.C=C1Oc2cccc(C(=O)OC)c2NC1=O.COc1cc2c(c(C(=O)O)c1)NC(=O)C(C)(O)O2. The summed E-state index contributed by atoms with van der Waals surface area (Å²) in [6, 6.07) is 21.5. The number of hydrogen-bond acceptors (Lipinski definition) is 34. The van der Waals surface area contributed by atoms with Crippen molar-refractivity contribution in [3.63, 3.8) is 0 Å². The van der Waals surface area contributed by atoms with Crippen LogP contribution >= 0.6 is 11.8 Å². The normalized spacial score (nSPS) is 15.8. The summed E-state index contributed by atoms with van der Waals surface area (Å²) in [4.78, 5) is 178. The highest BCUT2D eigenvalue weighted by molar-refractivity contribution is 7.99. The molecule has 2 fully saturated rings. The maximum Gasteiger partial charge on any atom is 0.340 e. The average molecular weight is 1840 g/mol. The Morgan fingerprint density at radius 1 is 0.379 bits per heavy atom.